The zero-order valence-corrected chi connectivity index (χ0v) is 5.85. The minimum absolute atomic E-state index is 0.0312. The predicted molar refractivity (Wildman–Crippen MR) is 20.2 cm³/mol. The van der Waals surface area contributed by atoms with E-state index < -0.39 is 4.47 Å². The van der Waals surface area contributed by atoms with Gasteiger partial charge in [-0.2, -0.15) is 0 Å². The van der Waals surface area contributed by atoms with E-state index in [4.69, 9.17) is 9.81 Å². The molecule has 0 aliphatic heterocycles. The van der Waals surface area contributed by atoms with E-state index in [1.54, 1.807) is 0 Å². The van der Waals surface area contributed by atoms with Crippen molar-refractivity contribution in [3.8, 4) is 0 Å². The molecular weight excluding hydrogens is 136 g/mol. The average Bonchev–Trinajstić information content (AvgIpc) is 1.35. The third-order valence-corrected chi connectivity index (χ3v) is 0.843. The Balaban J connectivity index is 3.85. The maximum absolute atomic E-state index is 9.69. The fourth-order valence-corrected chi connectivity index (χ4v) is 0. The van der Waals surface area contributed by atoms with Crippen molar-refractivity contribution in [1.29, 1.82) is 0 Å². The molecule has 0 aromatic heterocycles. The summed E-state index contributed by atoms with van der Waals surface area (Å²) in [4.78, 5) is 0. The van der Waals surface area contributed by atoms with Crippen LogP contribution >= 0.6 is 0 Å². The Labute approximate surface area is 55.6 Å². The van der Waals surface area contributed by atoms with Crippen LogP contribution in [0.1, 0.15) is 0 Å². The topological polar surface area (TPSA) is 66.8 Å². The van der Waals surface area contributed by atoms with Crippen LogP contribution < -0.4 is 0 Å². The van der Waals surface area contributed by atoms with Crippen LogP contribution in [0.3, 0.4) is 0 Å². The van der Waals surface area contributed by atoms with Gasteiger partial charge in [-0.25, -0.2) is 0 Å². The van der Waals surface area contributed by atoms with Crippen LogP contribution in [-0.2, 0) is 8.81 Å². The molecule has 0 aliphatic rings. The molecule has 0 heterocycles. The maximum atomic E-state index is 9.69. The Bertz CT molecular complexity index is 110. The first-order chi connectivity index (χ1) is 2.56. The Kier molecular flexibility index (Phi) is 3.11. The predicted octanol–water partition coefficient (Wildman–Crippen LogP) is -0.768. The second kappa shape index (κ2) is 2.56. The molecule has 0 saturated carbocycles. The van der Waals surface area contributed by atoms with E-state index in [0.717, 1.165) is 0 Å². The molecule has 34 valence electrons. The van der Waals surface area contributed by atoms with Crippen molar-refractivity contribution < 1.29 is 18.4 Å². The van der Waals surface area contributed by atoms with Gasteiger partial charge in [0.2, 0.25) is 0 Å². The molecule has 0 rings (SSSR count). The summed E-state index contributed by atoms with van der Waals surface area (Å²) >= 11 is 0.0312. The second-order valence-electron chi connectivity index (χ2n) is 0.656. The van der Waals surface area contributed by atoms with Gasteiger partial charge in [-0.15, -0.1) is 0 Å². The molecule has 0 radical (unpaired) electrons. The Morgan fingerprint density at radius 3 is 2.00 bits per heavy atom. The fourth-order valence-electron chi connectivity index (χ4n) is 0. The average molecular weight is 138 g/mol. The van der Waals surface area contributed by atoms with Crippen LogP contribution in [0.15, 0.2) is 0 Å². The molecule has 1 atom stereocenters. The van der Waals surface area contributed by atoms with Gasteiger partial charge in [0.15, 0.2) is 0 Å². The van der Waals surface area contributed by atoms with Gasteiger partial charge >= 0.3 is 56.1 Å². The third-order valence-electron chi connectivity index (χ3n) is 0.116. The van der Waals surface area contributed by atoms with E-state index in [1.165, 1.54) is 0 Å². The summed E-state index contributed by atoms with van der Waals surface area (Å²) in [6.45, 7) is 0. The van der Waals surface area contributed by atoms with Crippen molar-refractivity contribution in [2.75, 3.05) is 0 Å². The Morgan fingerprint density at radius 2 is 2.00 bits per heavy atom. The molecule has 1 unspecified atom stereocenters. The van der Waals surface area contributed by atoms with Crippen LogP contribution in [0.2, 0.25) is 0 Å². The van der Waals surface area contributed by atoms with Crippen molar-refractivity contribution in [1.82, 2.24) is 0 Å². The molecule has 0 bridgehead atoms. The zero-order valence-electron chi connectivity index (χ0n) is 2.83. The first-order valence-corrected chi connectivity index (χ1v) is 5.30. The van der Waals surface area contributed by atoms with E-state index in [2.05, 4.69) is 4.33 Å². The molecule has 0 fully saturated rings. The van der Waals surface area contributed by atoms with Crippen molar-refractivity contribution in [3.63, 3.8) is 0 Å². The minimum atomic E-state index is -3.23. The van der Waals surface area contributed by atoms with Gasteiger partial charge in [0.25, 0.3) is 0 Å². The third kappa shape index (κ3) is 5.29. The van der Waals surface area contributed by atoms with Crippen LogP contribution in [0.5, 0.6) is 0 Å². The molecule has 6 heavy (non-hydrogen) atoms. The van der Waals surface area contributed by atoms with Gasteiger partial charge < -0.3 is 0 Å². The van der Waals surface area contributed by atoms with Crippen LogP contribution in [-0.4, -0.2) is 47.3 Å². The molecule has 4 nitrogen and oxygen atoms in total. The van der Waals surface area contributed by atoms with Gasteiger partial charge in [-0.1, -0.05) is 0 Å². The summed E-state index contributed by atoms with van der Waals surface area (Å²) in [5, 5.41) is 7.41. The summed E-state index contributed by atoms with van der Waals surface area (Å²) in [5.74, 6) is 0. The summed E-state index contributed by atoms with van der Waals surface area (Å²) in [5.41, 5.74) is 0. The molecule has 0 saturated heterocycles. The van der Waals surface area contributed by atoms with Crippen molar-refractivity contribution in [2.24, 2.45) is 0 Å². The van der Waals surface area contributed by atoms with E-state index >= 15 is 0 Å². The Hall–Kier alpha value is 1.29. The number of rotatable bonds is 1. The molecule has 0 aliphatic carbocycles. The summed E-state index contributed by atoms with van der Waals surface area (Å²) < 4.78 is 17.5. The van der Waals surface area contributed by atoms with Crippen molar-refractivity contribution in [2.45, 2.75) is 0 Å². The monoisotopic (exact) mass is 138 g/mol. The van der Waals surface area contributed by atoms with Crippen molar-refractivity contribution >= 4 is 37.8 Å². The molecular formula is H2CaO4S. The Morgan fingerprint density at radius 1 is 1.83 bits per heavy atom. The van der Waals surface area contributed by atoms with Gasteiger partial charge in [-0.05, 0) is 0 Å². The first kappa shape index (κ1) is 7.29. The molecule has 6 heteroatoms. The van der Waals surface area contributed by atoms with E-state index in [0.29, 0.717) is 0 Å². The summed E-state index contributed by atoms with van der Waals surface area (Å²) in [7, 11) is 0. The van der Waals surface area contributed by atoms with E-state index in [1.807, 2.05) is 0 Å². The SMILES string of the molecule is O=[S](O)(=[Ca])OO. The van der Waals surface area contributed by atoms with Crippen LogP contribution in [0.4, 0.5) is 0 Å². The molecule has 2 N–H and O–H groups in total. The fraction of sp³-hybridized carbons (Fsp3) is 0. The number of hydrogen-bond acceptors (Lipinski definition) is 3. The van der Waals surface area contributed by atoms with Crippen molar-refractivity contribution in [3.05, 3.63) is 0 Å². The summed E-state index contributed by atoms with van der Waals surface area (Å²) in [6, 6.07) is 0. The zero-order chi connectivity index (χ0) is 5.21. The van der Waals surface area contributed by atoms with Crippen LogP contribution in [0, 0.1) is 0 Å². The van der Waals surface area contributed by atoms with Gasteiger partial charge in [0.1, 0.15) is 0 Å². The van der Waals surface area contributed by atoms with Gasteiger partial charge in [-0.3, -0.25) is 0 Å². The molecule has 0 spiro atoms. The van der Waals surface area contributed by atoms with Crippen LogP contribution in [0.25, 0.3) is 0 Å². The molecule has 0 amide bonds. The molecule has 0 aromatic carbocycles. The summed E-state index contributed by atoms with van der Waals surface area (Å²) in [6.07, 6.45) is 0. The quantitative estimate of drug-likeness (QED) is 0.284. The normalized spacial score (nSPS) is 20.0. The van der Waals surface area contributed by atoms with E-state index in [-0.39, 0.29) is 33.3 Å². The van der Waals surface area contributed by atoms with E-state index in [9.17, 15) is 4.21 Å². The first-order valence-electron chi connectivity index (χ1n) is 0.987. The second-order valence-corrected chi connectivity index (χ2v) is 5.39. The van der Waals surface area contributed by atoms with Gasteiger partial charge in [0.05, 0.1) is 0 Å². The van der Waals surface area contributed by atoms with Gasteiger partial charge in [0, 0.05) is 0 Å². The number of hydrogen-bond donors (Lipinski definition) is 2. The molecule has 0 aromatic rings. The standard InChI is InChI=1S/Ca.H2O4S/c;1-4-5(2)3/h;1H,(H,2,3).